The van der Waals surface area contributed by atoms with E-state index in [2.05, 4.69) is 269 Å². The van der Waals surface area contributed by atoms with Gasteiger partial charge >= 0.3 is 0 Å². The molecule has 0 unspecified atom stereocenters. The van der Waals surface area contributed by atoms with Gasteiger partial charge in [0.15, 0.2) is 16.1 Å². The van der Waals surface area contributed by atoms with Gasteiger partial charge in [-0.15, -0.1) is 0 Å². The lowest BCUT2D eigenvalue weighted by molar-refractivity contribution is 0.682. The normalized spacial score (nSPS) is 11.7. The first-order chi connectivity index (χ1) is 32.5. The highest BCUT2D eigenvalue weighted by atomic mass is 32.2. The van der Waals surface area contributed by atoms with E-state index in [4.69, 9.17) is 0 Å². The predicted molar refractivity (Wildman–Crippen MR) is 285 cm³/mol. The third-order valence-corrected chi connectivity index (χ3v) is 24.7. The van der Waals surface area contributed by atoms with Crippen LogP contribution in [0.2, 0.25) is 0 Å². The molecule has 1 nitrogen and oxygen atoms in total. The molecule has 0 spiro atoms. The van der Waals surface area contributed by atoms with Gasteiger partial charge in [0.05, 0.1) is 10.8 Å². The van der Waals surface area contributed by atoms with E-state index in [9.17, 15) is 4.21 Å². The molecule has 0 fully saturated rings. The Morgan fingerprint density at radius 1 is 0.258 bits per heavy atom. The fourth-order valence-corrected chi connectivity index (χ4v) is 21.2. The van der Waals surface area contributed by atoms with Crippen LogP contribution >= 0.6 is 0 Å². The molecule has 66 heavy (non-hydrogen) atoms. The van der Waals surface area contributed by atoms with Gasteiger partial charge in [-0.05, 0) is 101 Å². The van der Waals surface area contributed by atoms with Crippen molar-refractivity contribution in [1.29, 1.82) is 0 Å². The molecule has 0 aliphatic rings. The van der Waals surface area contributed by atoms with E-state index in [0.717, 1.165) is 43.2 Å². The summed E-state index contributed by atoms with van der Waals surface area (Å²) in [6, 6.07) is 97.0. The Morgan fingerprint density at radius 3 is 0.727 bits per heavy atom. The zero-order valence-electron chi connectivity index (χ0n) is 37.2. The largest absolute Gasteiger partial charge is 0.249 e. The first-order valence-electron chi connectivity index (χ1n) is 22.7. The van der Waals surface area contributed by atoms with Gasteiger partial charge in [-0.3, -0.25) is 0 Å². The standard InChI is InChI=1S/C62H50OSSi2/c1-47-59(49-39-43-57(44-40-49)65(51-23-9-3-10-24-51,52-25-11-4-12-26-52)53-27-13-5-14-28-53)35-21-37-61(47)64(63)62-38-22-36-60(48(62)2)50-41-45-58(46-42-50)66(54-29-15-6-16-30-54,55-31-17-7-18-32-55)56-33-19-8-20-34-56/h3-46H,1-2H3. The molecule has 10 rings (SSSR count). The van der Waals surface area contributed by atoms with Crippen LogP contribution in [0.5, 0.6) is 0 Å². The maximum absolute atomic E-state index is 14.9. The van der Waals surface area contributed by atoms with Crippen molar-refractivity contribution in [2.45, 2.75) is 23.6 Å². The SMILES string of the molecule is Cc1c(-c2ccc([Si](c3ccccc3)(c3ccccc3)c3ccccc3)cc2)cccc1S(=O)c1cccc(-c2ccc([Si](c3ccccc3)(c3ccccc3)c3ccccc3)cc2)c1C. The Morgan fingerprint density at radius 2 is 0.485 bits per heavy atom. The summed E-state index contributed by atoms with van der Waals surface area (Å²) in [6.07, 6.45) is 0. The predicted octanol–water partition coefficient (Wildman–Crippen LogP) is 9.56. The third-order valence-electron chi connectivity index (χ3n) is 13.5. The van der Waals surface area contributed by atoms with Crippen LogP contribution in [0.25, 0.3) is 22.3 Å². The summed E-state index contributed by atoms with van der Waals surface area (Å²) < 4.78 is 14.9. The lowest BCUT2D eigenvalue weighted by Crippen LogP contribution is -2.74. The molecule has 10 aromatic rings. The van der Waals surface area contributed by atoms with Crippen LogP contribution in [-0.4, -0.2) is 20.4 Å². The van der Waals surface area contributed by atoms with Crippen molar-refractivity contribution in [3.63, 3.8) is 0 Å². The Hall–Kier alpha value is -7.22. The van der Waals surface area contributed by atoms with E-state index >= 15 is 0 Å². The molecule has 0 heterocycles. The van der Waals surface area contributed by atoms with Crippen molar-refractivity contribution in [3.8, 4) is 22.3 Å². The van der Waals surface area contributed by atoms with Crippen LogP contribution in [-0.2, 0) is 10.8 Å². The highest BCUT2D eigenvalue weighted by molar-refractivity contribution is 7.85. The van der Waals surface area contributed by atoms with Crippen LogP contribution in [0, 0.1) is 13.8 Å². The van der Waals surface area contributed by atoms with E-state index < -0.39 is 26.9 Å². The number of rotatable bonds is 12. The van der Waals surface area contributed by atoms with Gasteiger partial charge in [0.1, 0.15) is 0 Å². The molecule has 0 N–H and O–H groups in total. The molecule has 4 heteroatoms. The number of hydrogen-bond acceptors (Lipinski definition) is 1. The first-order valence-corrected chi connectivity index (χ1v) is 27.8. The zero-order valence-corrected chi connectivity index (χ0v) is 40.0. The Bertz CT molecular complexity index is 2820. The lowest BCUT2D eigenvalue weighted by Gasteiger charge is -2.34. The third kappa shape index (κ3) is 7.57. The molecule has 0 saturated carbocycles. The molecule has 0 amide bonds. The second-order valence-corrected chi connectivity index (χ2v) is 26.0. The van der Waals surface area contributed by atoms with E-state index in [1.807, 2.05) is 12.1 Å². The van der Waals surface area contributed by atoms with Crippen molar-refractivity contribution in [2.75, 3.05) is 0 Å². The Balaban J connectivity index is 1.00. The smallest absolute Gasteiger partial charge is 0.179 e. The zero-order chi connectivity index (χ0) is 44.9. The molecule has 0 aromatic heterocycles. The maximum atomic E-state index is 14.9. The summed E-state index contributed by atoms with van der Waals surface area (Å²) in [7, 11) is -6.72. The summed E-state index contributed by atoms with van der Waals surface area (Å²) in [5, 5.41) is 10.7. The fourth-order valence-electron chi connectivity index (χ4n) is 10.3. The molecule has 10 aromatic carbocycles. The van der Waals surface area contributed by atoms with Crippen LogP contribution in [0.1, 0.15) is 11.1 Å². The summed E-state index contributed by atoms with van der Waals surface area (Å²) in [5.74, 6) is 0. The first kappa shape index (κ1) is 42.7. The van der Waals surface area contributed by atoms with E-state index in [1.54, 1.807) is 0 Å². The minimum atomic E-state index is -2.66. The van der Waals surface area contributed by atoms with Crippen molar-refractivity contribution in [2.24, 2.45) is 0 Å². The molecule has 0 saturated heterocycles. The highest BCUT2D eigenvalue weighted by Crippen LogP contribution is 2.33. The Labute approximate surface area is 394 Å². The minimum Gasteiger partial charge on any atom is -0.249 e. The second-order valence-electron chi connectivity index (χ2n) is 17.0. The summed E-state index contributed by atoms with van der Waals surface area (Å²) in [4.78, 5) is 1.66. The van der Waals surface area contributed by atoms with Gasteiger partial charge in [-0.25, -0.2) is 4.21 Å². The molecule has 0 bridgehead atoms. The van der Waals surface area contributed by atoms with Gasteiger partial charge in [-0.1, -0.05) is 255 Å². The van der Waals surface area contributed by atoms with Gasteiger partial charge in [0.2, 0.25) is 0 Å². The van der Waals surface area contributed by atoms with E-state index in [-0.39, 0.29) is 0 Å². The average Bonchev–Trinajstić information content (AvgIpc) is 3.39. The van der Waals surface area contributed by atoms with Crippen LogP contribution in [0.15, 0.2) is 277 Å². The van der Waals surface area contributed by atoms with Crippen molar-refractivity contribution in [3.05, 3.63) is 278 Å². The highest BCUT2D eigenvalue weighted by Gasteiger charge is 2.42. The van der Waals surface area contributed by atoms with Gasteiger partial charge < -0.3 is 0 Å². The maximum Gasteiger partial charge on any atom is 0.179 e. The quantitative estimate of drug-likeness (QED) is 0.0883. The Kier molecular flexibility index (Phi) is 12.1. The minimum absolute atomic E-state index is 0.832. The fraction of sp³-hybridized carbons (Fsp3) is 0.0323. The molecular weight excluding hydrogens is 849 g/mol. The van der Waals surface area contributed by atoms with Crippen LogP contribution in [0.3, 0.4) is 0 Å². The van der Waals surface area contributed by atoms with Gasteiger partial charge in [0, 0.05) is 9.79 Å². The molecular formula is C62H50OSSi2. The van der Waals surface area contributed by atoms with Crippen LogP contribution < -0.4 is 41.5 Å². The summed E-state index contributed by atoms with van der Waals surface area (Å²) >= 11 is 0. The van der Waals surface area contributed by atoms with E-state index in [0.29, 0.717) is 0 Å². The van der Waals surface area contributed by atoms with Crippen molar-refractivity contribution >= 4 is 68.4 Å². The lowest BCUT2D eigenvalue weighted by atomic mass is 10.0. The van der Waals surface area contributed by atoms with Gasteiger partial charge in [0.25, 0.3) is 0 Å². The molecule has 0 aliphatic heterocycles. The molecule has 318 valence electrons. The van der Waals surface area contributed by atoms with Gasteiger partial charge in [-0.2, -0.15) is 0 Å². The van der Waals surface area contributed by atoms with Crippen molar-refractivity contribution in [1.82, 2.24) is 0 Å². The molecule has 0 atom stereocenters. The number of benzene rings is 10. The second kappa shape index (κ2) is 18.7. The molecule has 0 radical (unpaired) electrons. The monoisotopic (exact) mass is 898 g/mol. The summed E-state index contributed by atoms with van der Waals surface area (Å²) in [5.41, 5.74) is 6.45. The van der Waals surface area contributed by atoms with Crippen molar-refractivity contribution < 1.29 is 4.21 Å². The van der Waals surface area contributed by atoms with Crippen LogP contribution in [0.4, 0.5) is 0 Å². The number of hydrogen-bond donors (Lipinski definition) is 0. The topological polar surface area (TPSA) is 17.1 Å². The molecule has 0 aliphatic carbocycles. The van der Waals surface area contributed by atoms with E-state index in [1.165, 1.54) is 41.5 Å². The average molecular weight is 899 g/mol. The summed E-state index contributed by atoms with van der Waals surface area (Å²) in [6.45, 7) is 4.24.